The van der Waals surface area contributed by atoms with Crippen molar-refractivity contribution in [3.05, 3.63) is 58.6 Å². The molecule has 1 N–H and O–H groups in total. The second-order valence-electron chi connectivity index (χ2n) is 4.58. The Morgan fingerprint density at radius 1 is 1.14 bits per heavy atom. The van der Waals surface area contributed by atoms with Gasteiger partial charge in [0.25, 0.3) is 0 Å². The van der Waals surface area contributed by atoms with E-state index >= 15 is 0 Å². The molecule has 0 saturated heterocycles. The van der Waals surface area contributed by atoms with E-state index in [1.54, 1.807) is 38.3 Å². The average molecular weight is 326 g/mol. The maximum absolute atomic E-state index is 12.2. The van der Waals surface area contributed by atoms with E-state index in [0.29, 0.717) is 5.02 Å². The van der Waals surface area contributed by atoms with Crippen LogP contribution in [0.2, 0.25) is 5.02 Å². The third-order valence-electron chi connectivity index (χ3n) is 3.07. The second-order valence-corrected chi connectivity index (χ2v) is 6.76. The Bertz CT molecular complexity index is 727. The number of methoxy groups -OCH3 is 1. The minimum atomic E-state index is -3.55. The van der Waals surface area contributed by atoms with Gasteiger partial charge in [0.1, 0.15) is 5.75 Å². The molecule has 0 aliphatic heterocycles. The summed E-state index contributed by atoms with van der Waals surface area (Å²) in [4.78, 5) is 0.206. The van der Waals surface area contributed by atoms with Crippen molar-refractivity contribution in [3.8, 4) is 5.75 Å². The first-order valence-electron chi connectivity index (χ1n) is 6.31. The normalized spacial score (nSPS) is 11.4. The summed E-state index contributed by atoms with van der Waals surface area (Å²) in [5.74, 6) is 0.731. The van der Waals surface area contributed by atoms with Crippen LogP contribution < -0.4 is 9.46 Å². The summed E-state index contributed by atoms with van der Waals surface area (Å²) in [5.41, 5.74) is 1.58. The van der Waals surface area contributed by atoms with Crippen molar-refractivity contribution in [1.82, 2.24) is 4.72 Å². The van der Waals surface area contributed by atoms with Gasteiger partial charge in [-0.1, -0.05) is 23.7 Å². The summed E-state index contributed by atoms with van der Waals surface area (Å²) in [7, 11) is -1.97. The Labute approximate surface area is 129 Å². The van der Waals surface area contributed by atoms with Crippen molar-refractivity contribution >= 4 is 21.6 Å². The van der Waals surface area contributed by atoms with Gasteiger partial charge in [-0.3, -0.25) is 0 Å². The molecule has 0 aromatic heterocycles. The molecular formula is C15H16ClNO3S. The Balaban J connectivity index is 2.11. The molecule has 0 amide bonds. The number of sulfonamides is 1. The fraction of sp³-hybridized carbons (Fsp3) is 0.200. The van der Waals surface area contributed by atoms with E-state index in [1.807, 2.05) is 12.1 Å². The zero-order valence-corrected chi connectivity index (χ0v) is 13.3. The lowest BCUT2D eigenvalue weighted by molar-refractivity contribution is 0.414. The van der Waals surface area contributed by atoms with Gasteiger partial charge in [0.05, 0.1) is 12.0 Å². The van der Waals surface area contributed by atoms with Crippen LogP contribution in [0.25, 0.3) is 0 Å². The first-order chi connectivity index (χ1) is 9.92. The number of ether oxygens (including phenoxy) is 1. The van der Waals surface area contributed by atoms with Gasteiger partial charge in [0, 0.05) is 11.6 Å². The van der Waals surface area contributed by atoms with Crippen molar-refractivity contribution in [2.45, 2.75) is 18.4 Å². The number of hydrogen-bond donors (Lipinski definition) is 1. The summed E-state index contributed by atoms with van der Waals surface area (Å²) in [6.45, 7) is 1.98. The van der Waals surface area contributed by atoms with Crippen LogP contribution in [0.5, 0.6) is 5.75 Å². The van der Waals surface area contributed by atoms with Crippen molar-refractivity contribution in [2.75, 3.05) is 7.11 Å². The molecule has 0 aliphatic rings. The second kappa shape index (κ2) is 6.47. The zero-order valence-electron chi connectivity index (χ0n) is 11.8. The van der Waals surface area contributed by atoms with Crippen LogP contribution >= 0.6 is 11.6 Å². The zero-order chi connectivity index (χ0) is 15.5. The molecule has 0 fully saturated rings. The Kier molecular flexibility index (Phi) is 4.88. The third kappa shape index (κ3) is 3.97. The SMILES string of the molecule is COc1ccc(CNS(=O)(=O)c2ccc(Cl)c(C)c2)cc1. The number of hydrogen-bond acceptors (Lipinski definition) is 3. The molecule has 0 atom stereocenters. The summed E-state index contributed by atoms with van der Waals surface area (Å²) < 4.78 is 32.0. The van der Waals surface area contributed by atoms with Gasteiger partial charge >= 0.3 is 0 Å². The van der Waals surface area contributed by atoms with Crippen LogP contribution in [-0.4, -0.2) is 15.5 Å². The van der Waals surface area contributed by atoms with Gasteiger partial charge in [-0.25, -0.2) is 13.1 Å². The van der Waals surface area contributed by atoms with E-state index in [4.69, 9.17) is 16.3 Å². The fourth-order valence-electron chi connectivity index (χ4n) is 1.79. The van der Waals surface area contributed by atoms with Gasteiger partial charge < -0.3 is 4.74 Å². The summed E-state index contributed by atoms with van der Waals surface area (Å²) in [6, 6.07) is 11.8. The standard InChI is InChI=1S/C15H16ClNO3S/c1-11-9-14(7-8-15(11)16)21(18,19)17-10-12-3-5-13(20-2)6-4-12/h3-9,17H,10H2,1-2H3. The van der Waals surface area contributed by atoms with E-state index in [2.05, 4.69) is 4.72 Å². The number of rotatable bonds is 5. The van der Waals surface area contributed by atoms with E-state index in [9.17, 15) is 8.42 Å². The molecule has 0 bridgehead atoms. The minimum Gasteiger partial charge on any atom is -0.497 e. The van der Waals surface area contributed by atoms with Crippen molar-refractivity contribution in [3.63, 3.8) is 0 Å². The fourth-order valence-corrected chi connectivity index (χ4v) is 3.01. The first kappa shape index (κ1) is 15.8. The van der Waals surface area contributed by atoms with Crippen LogP contribution in [0.15, 0.2) is 47.4 Å². The quantitative estimate of drug-likeness (QED) is 0.918. The maximum Gasteiger partial charge on any atom is 0.240 e. The van der Waals surface area contributed by atoms with Gasteiger partial charge in [-0.15, -0.1) is 0 Å². The highest BCUT2D eigenvalue weighted by molar-refractivity contribution is 7.89. The van der Waals surface area contributed by atoms with E-state index in [0.717, 1.165) is 16.9 Å². The van der Waals surface area contributed by atoms with Gasteiger partial charge in [-0.2, -0.15) is 0 Å². The van der Waals surface area contributed by atoms with Crippen LogP contribution in [0.1, 0.15) is 11.1 Å². The lowest BCUT2D eigenvalue weighted by Gasteiger charge is -2.09. The third-order valence-corrected chi connectivity index (χ3v) is 4.89. The van der Waals surface area contributed by atoms with Crippen molar-refractivity contribution < 1.29 is 13.2 Å². The van der Waals surface area contributed by atoms with Crippen LogP contribution in [-0.2, 0) is 16.6 Å². The highest BCUT2D eigenvalue weighted by Gasteiger charge is 2.14. The molecule has 2 rings (SSSR count). The van der Waals surface area contributed by atoms with E-state index < -0.39 is 10.0 Å². The van der Waals surface area contributed by atoms with Gasteiger partial charge in [-0.05, 0) is 48.4 Å². The molecule has 0 radical (unpaired) electrons. The number of aryl methyl sites for hydroxylation is 1. The molecule has 21 heavy (non-hydrogen) atoms. The Morgan fingerprint density at radius 2 is 1.81 bits per heavy atom. The van der Waals surface area contributed by atoms with Gasteiger partial charge in [0.2, 0.25) is 10.0 Å². The molecule has 0 spiro atoms. The highest BCUT2D eigenvalue weighted by Crippen LogP contribution is 2.19. The molecule has 0 aliphatic carbocycles. The molecule has 112 valence electrons. The number of benzene rings is 2. The predicted octanol–water partition coefficient (Wildman–Crippen LogP) is 3.14. The molecule has 4 nitrogen and oxygen atoms in total. The Hall–Kier alpha value is -1.56. The highest BCUT2D eigenvalue weighted by atomic mass is 35.5. The van der Waals surface area contributed by atoms with Gasteiger partial charge in [0.15, 0.2) is 0 Å². The summed E-state index contributed by atoms with van der Waals surface area (Å²) in [5, 5.41) is 0.545. The van der Waals surface area contributed by atoms with Crippen molar-refractivity contribution in [1.29, 1.82) is 0 Å². The smallest absolute Gasteiger partial charge is 0.240 e. The molecule has 2 aromatic rings. The molecule has 0 saturated carbocycles. The lowest BCUT2D eigenvalue weighted by Crippen LogP contribution is -2.23. The monoisotopic (exact) mass is 325 g/mol. The van der Waals surface area contributed by atoms with Crippen LogP contribution in [0, 0.1) is 6.92 Å². The van der Waals surface area contributed by atoms with E-state index in [1.165, 1.54) is 6.07 Å². The summed E-state index contributed by atoms with van der Waals surface area (Å²) in [6.07, 6.45) is 0. The molecule has 0 heterocycles. The number of nitrogens with one attached hydrogen (secondary N) is 1. The Morgan fingerprint density at radius 3 is 2.38 bits per heavy atom. The molecule has 6 heteroatoms. The predicted molar refractivity (Wildman–Crippen MR) is 83.2 cm³/mol. The number of halogens is 1. The lowest BCUT2D eigenvalue weighted by atomic mass is 10.2. The minimum absolute atomic E-state index is 0.206. The van der Waals surface area contributed by atoms with Crippen LogP contribution in [0.4, 0.5) is 0 Å². The van der Waals surface area contributed by atoms with Crippen LogP contribution in [0.3, 0.4) is 0 Å². The molecule has 2 aromatic carbocycles. The largest absolute Gasteiger partial charge is 0.497 e. The first-order valence-corrected chi connectivity index (χ1v) is 8.17. The van der Waals surface area contributed by atoms with Crippen molar-refractivity contribution in [2.24, 2.45) is 0 Å². The van der Waals surface area contributed by atoms with E-state index in [-0.39, 0.29) is 11.4 Å². The maximum atomic E-state index is 12.2. The topological polar surface area (TPSA) is 55.4 Å². The average Bonchev–Trinajstić information content (AvgIpc) is 2.48. The molecule has 0 unspecified atom stereocenters. The summed E-state index contributed by atoms with van der Waals surface area (Å²) >= 11 is 5.91. The molecular weight excluding hydrogens is 310 g/mol.